The number of likely N-dealkylation sites (N-methyl/N-ethyl adjacent to an activating group) is 1. The number of anilines is 1. The summed E-state index contributed by atoms with van der Waals surface area (Å²) in [5.74, 6) is 0. The summed E-state index contributed by atoms with van der Waals surface area (Å²) in [7, 11) is 4.16. The fraction of sp³-hybridized carbons (Fsp3) is 0.458. The van der Waals surface area contributed by atoms with Crippen molar-refractivity contribution in [2.24, 2.45) is 7.05 Å². The molecule has 2 aliphatic rings. The molecule has 0 bridgehead atoms. The summed E-state index contributed by atoms with van der Waals surface area (Å²) in [6.07, 6.45) is 11.7. The molecule has 1 atom stereocenters. The van der Waals surface area contributed by atoms with Crippen LogP contribution in [0, 0.1) is 13.8 Å². The van der Waals surface area contributed by atoms with E-state index in [4.69, 9.17) is 33.0 Å². The monoisotopic (exact) mass is 843 g/mol. The number of piperazine rings is 1. The molecule has 9 nitrogen and oxygen atoms in total. The van der Waals surface area contributed by atoms with E-state index in [1.54, 1.807) is 6.08 Å². The molecule has 2 aromatic carbocycles. The van der Waals surface area contributed by atoms with Gasteiger partial charge in [0.05, 0.1) is 22.5 Å². The lowest BCUT2D eigenvalue weighted by atomic mass is 9.91. The summed E-state index contributed by atoms with van der Waals surface area (Å²) in [6.45, 7) is 25.4. The van der Waals surface area contributed by atoms with Crippen molar-refractivity contribution >= 4 is 57.9 Å². The van der Waals surface area contributed by atoms with Gasteiger partial charge in [0.1, 0.15) is 0 Å². The first-order chi connectivity index (χ1) is 28.5. The Kier molecular flexibility index (Phi) is 19.0. The summed E-state index contributed by atoms with van der Waals surface area (Å²) in [5, 5.41) is 14.0. The number of allylic oxidation sites excluding steroid dienone is 4. The Balaban J connectivity index is 0.00000147. The van der Waals surface area contributed by atoms with Crippen LogP contribution in [-0.4, -0.2) is 96.1 Å². The van der Waals surface area contributed by atoms with E-state index < -0.39 is 0 Å². The number of rotatable bonds is 16. The SMILES string of the molecule is C=CC.CC.CC1=CC(OCCC/C(=C\c2cn(CCN3CCN(C)CC3)c3ccccc23)c2ccc(Cl)c(-c3c(C)nn(C)c3C)c2NCCNC=O)CC(C)=C1Cl. The Bertz CT molecular complexity index is 2100. The van der Waals surface area contributed by atoms with E-state index in [2.05, 4.69) is 101 Å². The smallest absolute Gasteiger partial charge is 0.207 e. The quantitative estimate of drug-likeness (QED) is 0.0665. The second kappa shape index (κ2) is 23.6. The minimum absolute atomic E-state index is 0.0134. The second-order valence-electron chi connectivity index (χ2n) is 15.2. The predicted molar refractivity (Wildman–Crippen MR) is 253 cm³/mol. The number of aromatic nitrogens is 3. The zero-order chi connectivity index (χ0) is 43.1. The van der Waals surface area contributed by atoms with Gasteiger partial charge in [-0.2, -0.15) is 5.10 Å². The molecule has 59 heavy (non-hydrogen) atoms. The summed E-state index contributed by atoms with van der Waals surface area (Å²) in [4.78, 5) is 16.2. The first kappa shape index (κ1) is 47.6. The third-order valence-electron chi connectivity index (χ3n) is 10.9. The van der Waals surface area contributed by atoms with Crippen LogP contribution in [0.3, 0.4) is 0 Å². The number of hydrogen-bond acceptors (Lipinski definition) is 6. The van der Waals surface area contributed by atoms with E-state index in [1.807, 2.05) is 52.4 Å². The highest BCUT2D eigenvalue weighted by Gasteiger charge is 2.23. The first-order valence-corrected chi connectivity index (χ1v) is 21.9. The van der Waals surface area contributed by atoms with E-state index in [1.165, 1.54) is 27.6 Å². The number of para-hydroxylation sites is 1. The van der Waals surface area contributed by atoms with Crippen LogP contribution in [0.1, 0.15) is 76.4 Å². The molecule has 1 saturated heterocycles. The summed E-state index contributed by atoms with van der Waals surface area (Å²) in [5.41, 5.74) is 11.7. The van der Waals surface area contributed by atoms with Crippen molar-refractivity contribution in [3.8, 4) is 11.1 Å². The molecule has 3 heterocycles. The maximum absolute atomic E-state index is 11.2. The van der Waals surface area contributed by atoms with Crippen molar-refractivity contribution in [3.05, 3.63) is 105 Å². The van der Waals surface area contributed by atoms with E-state index >= 15 is 0 Å². The molecular formula is C48H67Cl2N7O2. The van der Waals surface area contributed by atoms with Crippen LogP contribution < -0.4 is 10.6 Å². The molecule has 1 unspecified atom stereocenters. The van der Waals surface area contributed by atoms with Crippen LogP contribution in [-0.2, 0) is 23.1 Å². The van der Waals surface area contributed by atoms with Crippen LogP contribution in [0.5, 0.6) is 0 Å². The van der Waals surface area contributed by atoms with Gasteiger partial charge in [0.15, 0.2) is 0 Å². The number of nitrogens with one attached hydrogen (secondary N) is 2. The number of ether oxygens (including phenoxy) is 1. The maximum atomic E-state index is 11.2. The molecule has 2 N–H and O–H groups in total. The minimum atomic E-state index is 0.0134. The third-order valence-corrected chi connectivity index (χ3v) is 11.8. The Morgan fingerprint density at radius 2 is 1.69 bits per heavy atom. The van der Waals surface area contributed by atoms with E-state index in [9.17, 15) is 4.79 Å². The lowest BCUT2D eigenvalue weighted by molar-refractivity contribution is -0.109. The number of halogens is 2. The van der Waals surface area contributed by atoms with Gasteiger partial charge in [0.25, 0.3) is 0 Å². The van der Waals surface area contributed by atoms with Gasteiger partial charge in [-0.3, -0.25) is 14.4 Å². The van der Waals surface area contributed by atoms with Gasteiger partial charge >= 0.3 is 0 Å². The molecule has 2 aromatic heterocycles. The molecule has 0 radical (unpaired) electrons. The number of carbonyl (C=O) groups excluding carboxylic acids is 1. The highest BCUT2D eigenvalue weighted by Crippen LogP contribution is 2.44. The molecular weight excluding hydrogens is 777 g/mol. The largest absolute Gasteiger partial charge is 0.382 e. The number of fused-ring (bicyclic) bond motifs is 1. The second-order valence-corrected chi connectivity index (χ2v) is 16.0. The van der Waals surface area contributed by atoms with Crippen molar-refractivity contribution in [2.45, 2.75) is 80.4 Å². The van der Waals surface area contributed by atoms with Gasteiger partial charge in [0, 0.05) is 116 Å². The third kappa shape index (κ3) is 12.5. The van der Waals surface area contributed by atoms with Crippen molar-refractivity contribution < 1.29 is 9.53 Å². The van der Waals surface area contributed by atoms with Crippen molar-refractivity contribution in [3.63, 3.8) is 0 Å². The highest BCUT2D eigenvalue weighted by molar-refractivity contribution is 6.34. The minimum Gasteiger partial charge on any atom is -0.382 e. The molecule has 0 saturated carbocycles. The number of aryl methyl sites for hydroxylation is 2. The molecule has 320 valence electrons. The van der Waals surface area contributed by atoms with Gasteiger partial charge in [-0.25, -0.2) is 0 Å². The van der Waals surface area contributed by atoms with E-state index in [0.29, 0.717) is 24.7 Å². The molecule has 1 amide bonds. The number of carbonyl (C=O) groups is 1. The van der Waals surface area contributed by atoms with E-state index in [-0.39, 0.29) is 6.10 Å². The molecule has 11 heteroatoms. The number of nitrogens with zero attached hydrogens (tertiary/aromatic N) is 5. The van der Waals surface area contributed by atoms with Gasteiger partial charge in [-0.05, 0) is 90.3 Å². The molecule has 4 aromatic rings. The molecule has 0 spiro atoms. The molecule has 1 aliphatic carbocycles. The van der Waals surface area contributed by atoms with Crippen molar-refractivity contribution in [2.75, 3.05) is 64.8 Å². The van der Waals surface area contributed by atoms with Crippen LogP contribution in [0.25, 0.3) is 33.7 Å². The Morgan fingerprint density at radius 3 is 2.36 bits per heavy atom. The lowest BCUT2D eigenvalue weighted by Crippen LogP contribution is -2.45. The topological polar surface area (TPSA) is 79.6 Å². The molecule has 6 rings (SSSR count). The zero-order valence-electron chi connectivity index (χ0n) is 36.9. The summed E-state index contributed by atoms with van der Waals surface area (Å²) < 4.78 is 10.8. The van der Waals surface area contributed by atoms with Crippen LogP contribution in [0.4, 0.5) is 5.69 Å². The number of hydrogen-bond donors (Lipinski definition) is 2. The predicted octanol–water partition coefficient (Wildman–Crippen LogP) is 10.5. The van der Waals surface area contributed by atoms with Crippen molar-refractivity contribution in [1.29, 1.82) is 0 Å². The lowest BCUT2D eigenvalue weighted by Gasteiger charge is -2.32. The van der Waals surface area contributed by atoms with Crippen LogP contribution in [0.2, 0.25) is 5.02 Å². The molecule has 1 aliphatic heterocycles. The summed E-state index contributed by atoms with van der Waals surface area (Å²) in [6, 6.07) is 12.9. The normalized spacial score (nSPS) is 16.2. The number of amides is 1. The van der Waals surface area contributed by atoms with Gasteiger partial charge in [-0.1, -0.05) is 79.0 Å². The maximum Gasteiger partial charge on any atom is 0.207 e. The Morgan fingerprint density at radius 1 is 0.983 bits per heavy atom. The van der Waals surface area contributed by atoms with Gasteiger partial charge < -0.3 is 24.8 Å². The Hall–Kier alpha value is -4.12. The average molecular weight is 845 g/mol. The van der Waals surface area contributed by atoms with Crippen LogP contribution in [0.15, 0.2) is 77.5 Å². The molecule has 1 fully saturated rings. The fourth-order valence-electron chi connectivity index (χ4n) is 7.84. The first-order valence-electron chi connectivity index (χ1n) is 21.1. The van der Waals surface area contributed by atoms with Gasteiger partial charge in [0.2, 0.25) is 6.41 Å². The standard InChI is InChI=1S/C43H55Cl2N7O2.C3H6.C2H6/c1-29-24-35(25-30(2)42(29)45)54-23-9-10-33(26-34-27-52(39-12-8-7-11-36(34)39)22-21-51-19-17-49(5)18-20-51)37-13-14-38(44)41(43(37)47-16-15-46-28-53)40-31(3)48-50(6)32(40)4;1-3-2;1-2/h7-8,11-14,24,26-28,35,47H,9-10,15-23,25H2,1-6H3,(H,46,53);3H,1H2,2H3;1-2H3/b33-26+;;. The van der Waals surface area contributed by atoms with E-state index in [0.717, 1.165) is 109 Å². The van der Waals surface area contributed by atoms with Gasteiger partial charge in [-0.15, -0.1) is 6.58 Å². The Labute approximate surface area is 363 Å². The summed E-state index contributed by atoms with van der Waals surface area (Å²) >= 11 is 13.6. The van der Waals surface area contributed by atoms with Crippen LogP contribution >= 0.6 is 23.2 Å². The average Bonchev–Trinajstić information content (AvgIpc) is 3.70. The number of benzene rings is 2. The highest BCUT2D eigenvalue weighted by atomic mass is 35.5. The van der Waals surface area contributed by atoms with Crippen molar-refractivity contribution in [1.82, 2.24) is 29.5 Å². The fourth-order valence-corrected chi connectivity index (χ4v) is 8.23. The zero-order valence-corrected chi connectivity index (χ0v) is 38.4.